The van der Waals surface area contributed by atoms with E-state index < -0.39 is 11.7 Å². The SMILES string of the molecule is CNC(=O)C1CCCCC1C(=O)N1CCC(c2cccc(C(F)(F)F)c2)CC1. The molecule has 2 atom stereocenters. The van der Waals surface area contributed by atoms with Crippen LogP contribution in [0.1, 0.15) is 55.6 Å². The Balaban J connectivity index is 1.63. The van der Waals surface area contributed by atoms with Crippen LogP contribution in [0.15, 0.2) is 24.3 Å². The smallest absolute Gasteiger partial charge is 0.359 e. The number of amides is 2. The first-order chi connectivity index (χ1) is 13.3. The second-order valence-electron chi connectivity index (χ2n) is 7.83. The van der Waals surface area contributed by atoms with Gasteiger partial charge in [-0.25, -0.2) is 0 Å². The van der Waals surface area contributed by atoms with E-state index in [1.807, 2.05) is 0 Å². The third-order valence-electron chi connectivity index (χ3n) is 6.16. The monoisotopic (exact) mass is 396 g/mol. The van der Waals surface area contributed by atoms with Gasteiger partial charge in [0.25, 0.3) is 0 Å². The second-order valence-corrected chi connectivity index (χ2v) is 7.83. The molecular weight excluding hydrogens is 369 g/mol. The maximum absolute atomic E-state index is 13.0. The molecular formula is C21H27F3N2O2. The van der Waals surface area contributed by atoms with Crippen molar-refractivity contribution in [3.63, 3.8) is 0 Å². The van der Waals surface area contributed by atoms with Gasteiger partial charge in [-0.15, -0.1) is 0 Å². The molecule has 0 aromatic heterocycles. The Bertz CT molecular complexity index is 712. The van der Waals surface area contributed by atoms with Crippen molar-refractivity contribution in [1.29, 1.82) is 0 Å². The summed E-state index contributed by atoms with van der Waals surface area (Å²) >= 11 is 0. The lowest BCUT2D eigenvalue weighted by molar-refractivity contribution is -0.144. The molecule has 2 fully saturated rings. The van der Waals surface area contributed by atoms with Crippen LogP contribution in [0.5, 0.6) is 0 Å². The topological polar surface area (TPSA) is 49.4 Å². The summed E-state index contributed by atoms with van der Waals surface area (Å²) < 4.78 is 38.9. The quantitative estimate of drug-likeness (QED) is 0.841. The Morgan fingerprint density at radius 2 is 1.68 bits per heavy atom. The van der Waals surface area contributed by atoms with Crippen LogP contribution < -0.4 is 5.32 Å². The summed E-state index contributed by atoms with van der Waals surface area (Å²) in [5.74, 6) is -0.577. The average Bonchev–Trinajstić information content (AvgIpc) is 2.72. The van der Waals surface area contributed by atoms with E-state index in [1.165, 1.54) is 12.1 Å². The van der Waals surface area contributed by atoms with Crippen molar-refractivity contribution in [3.05, 3.63) is 35.4 Å². The number of hydrogen-bond donors (Lipinski definition) is 1. The van der Waals surface area contributed by atoms with Crippen LogP contribution in [0.4, 0.5) is 13.2 Å². The zero-order valence-corrected chi connectivity index (χ0v) is 16.1. The molecule has 0 radical (unpaired) electrons. The van der Waals surface area contributed by atoms with E-state index in [0.717, 1.165) is 31.7 Å². The lowest BCUT2D eigenvalue weighted by Crippen LogP contribution is -2.47. The minimum atomic E-state index is -4.34. The van der Waals surface area contributed by atoms with E-state index in [1.54, 1.807) is 18.0 Å². The van der Waals surface area contributed by atoms with Gasteiger partial charge in [0.1, 0.15) is 0 Å². The number of nitrogens with one attached hydrogen (secondary N) is 1. The fraction of sp³-hybridized carbons (Fsp3) is 0.619. The normalized spacial score (nSPS) is 24.1. The number of alkyl halides is 3. The highest BCUT2D eigenvalue weighted by molar-refractivity contribution is 5.87. The second kappa shape index (κ2) is 8.53. The van der Waals surface area contributed by atoms with E-state index in [2.05, 4.69) is 5.32 Å². The van der Waals surface area contributed by atoms with Gasteiger partial charge < -0.3 is 10.2 Å². The third-order valence-corrected chi connectivity index (χ3v) is 6.16. The molecule has 1 saturated heterocycles. The highest BCUT2D eigenvalue weighted by Gasteiger charge is 2.38. The standard InChI is InChI=1S/C21H27F3N2O2/c1-25-19(27)17-7-2-3-8-18(17)20(28)26-11-9-14(10-12-26)15-5-4-6-16(13-15)21(22,23)24/h4-6,13-14,17-18H,2-3,7-12H2,1H3,(H,25,27). The molecule has 2 aliphatic rings. The maximum atomic E-state index is 13.0. The van der Waals surface area contributed by atoms with Crippen LogP contribution in [0.3, 0.4) is 0 Å². The summed E-state index contributed by atoms with van der Waals surface area (Å²) in [4.78, 5) is 27.0. The fourth-order valence-electron chi connectivity index (χ4n) is 4.56. The first kappa shape index (κ1) is 20.7. The number of hydrogen-bond acceptors (Lipinski definition) is 2. The van der Waals surface area contributed by atoms with Crippen molar-refractivity contribution in [2.75, 3.05) is 20.1 Å². The summed E-state index contributed by atoms with van der Waals surface area (Å²) in [5.41, 5.74) is 0.0574. The lowest BCUT2D eigenvalue weighted by Gasteiger charge is -2.37. The Hall–Kier alpha value is -2.05. The molecule has 1 N–H and O–H groups in total. The van der Waals surface area contributed by atoms with Crippen molar-refractivity contribution in [2.45, 2.75) is 50.6 Å². The zero-order chi connectivity index (χ0) is 20.3. The minimum Gasteiger partial charge on any atom is -0.359 e. The molecule has 1 aromatic rings. The molecule has 4 nitrogen and oxygen atoms in total. The van der Waals surface area contributed by atoms with Gasteiger partial charge >= 0.3 is 6.18 Å². The molecule has 154 valence electrons. The highest BCUT2D eigenvalue weighted by atomic mass is 19.4. The molecule has 1 aliphatic heterocycles. The Morgan fingerprint density at radius 1 is 1.04 bits per heavy atom. The first-order valence-electron chi connectivity index (χ1n) is 9.98. The highest BCUT2D eigenvalue weighted by Crippen LogP contribution is 2.36. The number of rotatable bonds is 3. The molecule has 28 heavy (non-hydrogen) atoms. The van der Waals surface area contributed by atoms with E-state index in [9.17, 15) is 22.8 Å². The summed E-state index contributed by atoms with van der Waals surface area (Å²) in [5, 5.41) is 2.67. The van der Waals surface area contributed by atoms with Crippen molar-refractivity contribution in [3.8, 4) is 0 Å². The molecule has 0 spiro atoms. The predicted molar refractivity (Wildman–Crippen MR) is 99.5 cm³/mol. The molecule has 3 rings (SSSR count). The van der Waals surface area contributed by atoms with Crippen LogP contribution in [-0.2, 0) is 15.8 Å². The lowest BCUT2D eigenvalue weighted by atomic mass is 9.77. The number of halogens is 3. The first-order valence-corrected chi connectivity index (χ1v) is 9.98. The van der Waals surface area contributed by atoms with E-state index in [0.29, 0.717) is 31.5 Å². The maximum Gasteiger partial charge on any atom is 0.416 e. The van der Waals surface area contributed by atoms with Crippen molar-refractivity contribution < 1.29 is 22.8 Å². The predicted octanol–water partition coefficient (Wildman–Crippen LogP) is 3.96. The number of benzene rings is 1. The molecule has 2 amide bonds. The zero-order valence-electron chi connectivity index (χ0n) is 16.1. The van der Waals surface area contributed by atoms with Gasteiger partial charge in [0.05, 0.1) is 5.56 Å². The van der Waals surface area contributed by atoms with Gasteiger partial charge in [0, 0.05) is 32.0 Å². The van der Waals surface area contributed by atoms with Gasteiger partial charge in [-0.1, -0.05) is 31.0 Å². The third kappa shape index (κ3) is 4.50. The largest absolute Gasteiger partial charge is 0.416 e. The summed E-state index contributed by atoms with van der Waals surface area (Å²) in [6, 6.07) is 5.50. The van der Waals surface area contributed by atoms with E-state index in [4.69, 9.17) is 0 Å². The van der Waals surface area contributed by atoms with Crippen LogP contribution in [-0.4, -0.2) is 36.9 Å². The minimum absolute atomic E-state index is 0.0208. The molecule has 1 aliphatic carbocycles. The molecule has 1 heterocycles. The van der Waals surface area contributed by atoms with Gasteiger partial charge in [-0.2, -0.15) is 13.2 Å². The van der Waals surface area contributed by atoms with Crippen LogP contribution in [0.25, 0.3) is 0 Å². The average molecular weight is 396 g/mol. The number of carbonyl (C=O) groups excluding carboxylic acids is 2. The van der Waals surface area contributed by atoms with E-state index >= 15 is 0 Å². The Kier molecular flexibility index (Phi) is 6.30. The summed E-state index contributed by atoms with van der Waals surface area (Å²) in [7, 11) is 1.60. The number of nitrogens with zero attached hydrogens (tertiary/aromatic N) is 1. The molecule has 0 bridgehead atoms. The van der Waals surface area contributed by atoms with Crippen molar-refractivity contribution >= 4 is 11.8 Å². The van der Waals surface area contributed by atoms with Crippen LogP contribution in [0.2, 0.25) is 0 Å². The van der Waals surface area contributed by atoms with Gasteiger partial charge in [0.15, 0.2) is 0 Å². The summed E-state index contributed by atoms with van der Waals surface area (Å²) in [6.45, 7) is 1.05. The van der Waals surface area contributed by atoms with E-state index in [-0.39, 0.29) is 29.6 Å². The van der Waals surface area contributed by atoms with Gasteiger partial charge in [0.2, 0.25) is 11.8 Å². The number of likely N-dealkylation sites (tertiary alicyclic amines) is 1. The van der Waals surface area contributed by atoms with Crippen LogP contribution >= 0.6 is 0 Å². The van der Waals surface area contributed by atoms with Crippen LogP contribution in [0, 0.1) is 11.8 Å². The van der Waals surface area contributed by atoms with Gasteiger partial charge in [-0.3, -0.25) is 9.59 Å². The molecule has 7 heteroatoms. The Morgan fingerprint density at radius 3 is 2.29 bits per heavy atom. The molecule has 1 saturated carbocycles. The van der Waals surface area contributed by atoms with Crippen molar-refractivity contribution in [2.24, 2.45) is 11.8 Å². The Labute approximate surface area is 163 Å². The number of carbonyl (C=O) groups is 2. The number of piperidine rings is 1. The fourth-order valence-corrected chi connectivity index (χ4v) is 4.56. The summed E-state index contributed by atoms with van der Waals surface area (Å²) in [6.07, 6.45) is 0.308. The van der Waals surface area contributed by atoms with Gasteiger partial charge in [-0.05, 0) is 43.2 Å². The van der Waals surface area contributed by atoms with Crippen molar-refractivity contribution in [1.82, 2.24) is 10.2 Å². The molecule has 2 unspecified atom stereocenters. The molecule has 1 aromatic carbocycles.